The summed E-state index contributed by atoms with van der Waals surface area (Å²) in [6.45, 7) is 6.18. The Morgan fingerprint density at radius 3 is 2.63 bits per heavy atom. The first-order valence-corrected chi connectivity index (χ1v) is 7.40. The fourth-order valence-corrected chi connectivity index (χ4v) is 3.47. The van der Waals surface area contributed by atoms with Crippen molar-refractivity contribution in [3.05, 3.63) is 22.5 Å². The van der Waals surface area contributed by atoms with Gasteiger partial charge in [0.05, 0.1) is 5.56 Å². The van der Waals surface area contributed by atoms with Crippen LogP contribution in [0.3, 0.4) is 0 Å². The predicted octanol–water partition coefficient (Wildman–Crippen LogP) is 1.91. The highest BCUT2D eigenvalue weighted by Gasteiger charge is 2.29. The summed E-state index contributed by atoms with van der Waals surface area (Å²) < 4.78 is 0. The number of thioether (sulfide) groups is 1. The number of aryl methyl sites for hydroxylation is 1. The molecule has 0 saturated carbocycles. The Hall–Kier alpha value is -1.43. The monoisotopic (exact) mass is 282 g/mol. The van der Waals surface area contributed by atoms with Crippen LogP contribution >= 0.6 is 11.8 Å². The topological polar surface area (TPSA) is 73.4 Å². The van der Waals surface area contributed by atoms with Gasteiger partial charge in [0.25, 0.3) is 5.91 Å². The number of hydrogen-bond acceptors (Lipinski definition) is 3. The lowest BCUT2D eigenvalue weighted by Crippen LogP contribution is -2.44. The van der Waals surface area contributed by atoms with Gasteiger partial charge >= 0.3 is 5.97 Å². The fourth-order valence-electron chi connectivity index (χ4n) is 2.46. The molecule has 0 bridgehead atoms. The van der Waals surface area contributed by atoms with Gasteiger partial charge in [0.2, 0.25) is 0 Å². The quantitative estimate of drug-likeness (QED) is 0.869. The predicted molar refractivity (Wildman–Crippen MR) is 75.0 cm³/mol. The Kier molecular flexibility index (Phi) is 3.89. The molecule has 1 unspecified atom stereocenters. The summed E-state index contributed by atoms with van der Waals surface area (Å²) in [6.07, 6.45) is 0. The van der Waals surface area contributed by atoms with Crippen LogP contribution in [0.15, 0.2) is 0 Å². The van der Waals surface area contributed by atoms with E-state index in [4.69, 9.17) is 5.11 Å². The van der Waals surface area contributed by atoms with Crippen LogP contribution in [0.2, 0.25) is 0 Å². The molecule has 1 aliphatic heterocycles. The summed E-state index contributed by atoms with van der Waals surface area (Å²) >= 11 is 1.84. The first kappa shape index (κ1) is 14.0. The Labute approximate surface area is 116 Å². The second-order valence-electron chi connectivity index (χ2n) is 4.85. The molecule has 2 heterocycles. The maximum absolute atomic E-state index is 12.6. The molecule has 2 rings (SSSR count). The number of hydrogen-bond donors (Lipinski definition) is 2. The number of aromatic nitrogens is 1. The fraction of sp³-hybridized carbons (Fsp3) is 0.538. The minimum atomic E-state index is -1.03. The van der Waals surface area contributed by atoms with E-state index in [0.29, 0.717) is 16.8 Å². The van der Waals surface area contributed by atoms with E-state index in [9.17, 15) is 9.59 Å². The average molecular weight is 282 g/mol. The summed E-state index contributed by atoms with van der Waals surface area (Å²) in [4.78, 5) is 28.3. The van der Waals surface area contributed by atoms with Gasteiger partial charge in [-0.05, 0) is 26.3 Å². The van der Waals surface area contributed by atoms with Crippen molar-refractivity contribution >= 4 is 23.6 Å². The average Bonchev–Trinajstić information content (AvgIpc) is 2.65. The normalized spacial score (nSPS) is 19.5. The minimum absolute atomic E-state index is 0.0634. The van der Waals surface area contributed by atoms with Gasteiger partial charge in [0.15, 0.2) is 0 Å². The lowest BCUT2D eigenvalue weighted by molar-refractivity contribution is 0.0689. The molecule has 1 aliphatic rings. The van der Waals surface area contributed by atoms with Gasteiger partial charge in [0.1, 0.15) is 5.69 Å². The highest BCUT2D eigenvalue weighted by Crippen LogP contribution is 2.24. The first-order chi connectivity index (χ1) is 8.93. The molecule has 0 aromatic carbocycles. The van der Waals surface area contributed by atoms with Crippen molar-refractivity contribution in [1.82, 2.24) is 9.88 Å². The molecular formula is C13H18N2O3S. The Morgan fingerprint density at radius 1 is 1.42 bits per heavy atom. The SMILES string of the molecule is Cc1[nH]c(C(=O)O)c(C)c1C(=O)N1CCSCC1C. The van der Waals surface area contributed by atoms with Crippen molar-refractivity contribution in [1.29, 1.82) is 0 Å². The van der Waals surface area contributed by atoms with Crippen LogP contribution in [0.4, 0.5) is 0 Å². The lowest BCUT2D eigenvalue weighted by Gasteiger charge is -2.33. The molecule has 1 atom stereocenters. The smallest absolute Gasteiger partial charge is 0.352 e. The van der Waals surface area contributed by atoms with Crippen LogP contribution in [0.5, 0.6) is 0 Å². The maximum atomic E-state index is 12.6. The molecule has 1 aromatic heterocycles. The molecule has 0 aliphatic carbocycles. The van der Waals surface area contributed by atoms with Crippen LogP contribution in [0, 0.1) is 13.8 Å². The summed E-state index contributed by atoms with van der Waals surface area (Å²) in [6, 6.07) is 0.188. The third-order valence-corrected chi connectivity index (χ3v) is 4.68. The third kappa shape index (κ3) is 2.49. The minimum Gasteiger partial charge on any atom is -0.477 e. The number of carbonyl (C=O) groups excluding carboxylic acids is 1. The molecule has 6 heteroatoms. The Morgan fingerprint density at radius 2 is 2.11 bits per heavy atom. The number of aromatic amines is 1. The van der Waals surface area contributed by atoms with E-state index in [2.05, 4.69) is 4.98 Å². The Balaban J connectivity index is 2.36. The van der Waals surface area contributed by atoms with Crippen LogP contribution in [0.25, 0.3) is 0 Å². The maximum Gasteiger partial charge on any atom is 0.352 e. The number of carboxylic acids is 1. The molecule has 5 nitrogen and oxygen atoms in total. The summed E-state index contributed by atoms with van der Waals surface area (Å²) in [5.74, 6) is 0.776. The van der Waals surface area contributed by atoms with Gasteiger partial charge in [-0.3, -0.25) is 4.79 Å². The molecule has 19 heavy (non-hydrogen) atoms. The number of nitrogens with one attached hydrogen (secondary N) is 1. The van der Waals surface area contributed by atoms with Gasteiger partial charge in [-0.25, -0.2) is 4.79 Å². The van der Waals surface area contributed by atoms with E-state index < -0.39 is 5.97 Å². The highest BCUT2D eigenvalue weighted by molar-refractivity contribution is 7.99. The second-order valence-corrected chi connectivity index (χ2v) is 6.00. The molecule has 104 valence electrons. The number of carbonyl (C=O) groups is 2. The van der Waals surface area contributed by atoms with Gasteiger partial charge in [-0.1, -0.05) is 0 Å². The van der Waals surface area contributed by atoms with Gasteiger partial charge in [0, 0.05) is 29.8 Å². The third-order valence-electron chi connectivity index (χ3n) is 3.49. The summed E-state index contributed by atoms with van der Waals surface area (Å²) in [5.41, 5.74) is 1.78. The summed E-state index contributed by atoms with van der Waals surface area (Å²) in [5, 5.41) is 9.09. The number of H-pyrrole nitrogens is 1. The zero-order chi connectivity index (χ0) is 14.2. The molecule has 2 N–H and O–H groups in total. The van der Waals surface area contributed by atoms with Crippen LogP contribution in [-0.2, 0) is 0 Å². The van der Waals surface area contributed by atoms with E-state index in [1.165, 1.54) is 0 Å². The van der Waals surface area contributed by atoms with Gasteiger partial charge in [-0.2, -0.15) is 11.8 Å². The highest BCUT2D eigenvalue weighted by atomic mass is 32.2. The molecule has 1 fully saturated rings. The molecule has 0 radical (unpaired) electrons. The molecule has 1 amide bonds. The number of nitrogens with zero attached hydrogens (tertiary/aromatic N) is 1. The zero-order valence-corrected chi connectivity index (χ0v) is 12.1. The summed E-state index contributed by atoms with van der Waals surface area (Å²) in [7, 11) is 0. The van der Waals surface area contributed by atoms with E-state index in [1.807, 2.05) is 23.6 Å². The lowest BCUT2D eigenvalue weighted by atomic mass is 10.1. The molecular weight excluding hydrogens is 264 g/mol. The number of aromatic carboxylic acids is 1. The van der Waals surface area contributed by atoms with E-state index in [-0.39, 0.29) is 17.6 Å². The molecule has 1 saturated heterocycles. The van der Waals surface area contributed by atoms with Crippen molar-refractivity contribution in [3.63, 3.8) is 0 Å². The van der Waals surface area contributed by atoms with Crippen molar-refractivity contribution in [3.8, 4) is 0 Å². The van der Waals surface area contributed by atoms with Crippen LogP contribution in [-0.4, -0.2) is 51.0 Å². The van der Waals surface area contributed by atoms with Crippen LogP contribution in [0.1, 0.15) is 39.0 Å². The molecule has 0 spiro atoms. The Bertz CT molecular complexity index is 524. The van der Waals surface area contributed by atoms with Gasteiger partial charge in [-0.15, -0.1) is 0 Å². The van der Waals surface area contributed by atoms with Crippen molar-refractivity contribution < 1.29 is 14.7 Å². The van der Waals surface area contributed by atoms with E-state index in [0.717, 1.165) is 18.1 Å². The van der Waals surface area contributed by atoms with Crippen molar-refractivity contribution in [2.45, 2.75) is 26.8 Å². The van der Waals surface area contributed by atoms with E-state index >= 15 is 0 Å². The first-order valence-electron chi connectivity index (χ1n) is 6.24. The number of carboxylic acid groups (broad SMARTS) is 1. The standard InChI is InChI=1S/C13H18N2O3S/c1-7-6-19-5-4-15(7)12(16)10-8(2)11(13(17)18)14-9(10)3/h7,14H,4-6H2,1-3H3,(H,17,18). The van der Waals surface area contributed by atoms with Gasteiger partial charge < -0.3 is 15.0 Å². The van der Waals surface area contributed by atoms with Crippen LogP contribution < -0.4 is 0 Å². The van der Waals surface area contributed by atoms with Crippen molar-refractivity contribution in [2.24, 2.45) is 0 Å². The number of amides is 1. The van der Waals surface area contributed by atoms with E-state index in [1.54, 1.807) is 13.8 Å². The molecule has 1 aromatic rings. The zero-order valence-electron chi connectivity index (χ0n) is 11.3. The number of rotatable bonds is 2. The van der Waals surface area contributed by atoms with Crippen molar-refractivity contribution in [2.75, 3.05) is 18.1 Å². The second kappa shape index (κ2) is 5.28. The largest absolute Gasteiger partial charge is 0.477 e.